The number of fused-ring (bicyclic) bond motifs is 3. The van der Waals surface area contributed by atoms with E-state index in [0.717, 1.165) is 11.8 Å². The van der Waals surface area contributed by atoms with Crippen LogP contribution in [0.15, 0.2) is 0 Å². The number of hydrogen-bond donors (Lipinski definition) is 0. The van der Waals surface area contributed by atoms with E-state index in [4.69, 9.17) is 0 Å². The maximum Gasteiger partial charge on any atom is 0.00803 e. The van der Waals surface area contributed by atoms with E-state index in [-0.39, 0.29) is 0 Å². The lowest BCUT2D eigenvalue weighted by Crippen LogP contribution is -1.98. The molecule has 2 atom stereocenters. The molecule has 2 aliphatic rings. The molecular weight excluding hydrogens is 188 g/mol. The Morgan fingerprint density at radius 2 is 2.21 bits per heavy atom. The third-order valence-electron chi connectivity index (χ3n) is 4.13. The standard InChI is InChI=1S/C13H18S/c1-3-12-11-7-9-5-4-6-10(9)13(11)8(2)14-12/h9-10H,3-7H2,1-2H3. The molecule has 0 aliphatic heterocycles. The monoisotopic (exact) mass is 206 g/mol. The van der Waals surface area contributed by atoms with Crippen LogP contribution in [0.4, 0.5) is 0 Å². The van der Waals surface area contributed by atoms with Crippen molar-refractivity contribution in [2.24, 2.45) is 5.92 Å². The lowest BCUT2D eigenvalue weighted by molar-refractivity contribution is 0.525. The molecule has 1 heteroatoms. The fourth-order valence-corrected chi connectivity index (χ4v) is 4.80. The minimum Gasteiger partial charge on any atom is -0.145 e. The first kappa shape index (κ1) is 8.96. The molecule has 0 amide bonds. The first-order chi connectivity index (χ1) is 6.81. The Kier molecular flexibility index (Phi) is 1.98. The Hall–Kier alpha value is -0.300. The van der Waals surface area contributed by atoms with Gasteiger partial charge in [-0.3, -0.25) is 0 Å². The van der Waals surface area contributed by atoms with Gasteiger partial charge in [0, 0.05) is 9.75 Å². The van der Waals surface area contributed by atoms with Crippen LogP contribution >= 0.6 is 11.3 Å². The molecule has 76 valence electrons. The lowest BCUT2D eigenvalue weighted by Gasteiger charge is -2.09. The van der Waals surface area contributed by atoms with E-state index >= 15 is 0 Å². The van der Waals surface area contributed by atoms with Crippen molar-refractivity contribution < 1.29 is 0 Å². The van der Waals surface area contributed by atoms with Crippen molar-refractivity contribution in [2.75, 3.05) is 0 Å². The van der Waals surface area contributed by atoms with E-state index < -0.39 is 0 Å². The predicted octanol–water partition coefficient (Wildman–Crippen LogP) is 4.06. The molecule has 0 radical (unpaired) electrons. The van der Waals surface area contributed by atoms with E-state index in [9.17, 15) is 0 Å². The van der Waals surface area contributed by atoms with Gasteiger partial charge >= 0.3 is 0 Å². The lowest BCUT2D eigenvalue weighted by atomic mass is 9.96. The molecule has 2 aliphatic carbocycles. The van der Waals surface area contributed by atoms with Crippen LogP contribution in [0.25, 0.3) is 0 Å². The number of rotatable bonds is 1. The SMILES string of the molecule is CCc1sc(C)c2c1CC1CCCC21. The summed E-state index contributed by atoms with van der Waals surface area (Å²) in [7, 11) is 0. The molecule has 0 saturated heterocycles. The van der Waals surface area contributed by atoms with E-state index in [2.05, 4.69) is 25.2 Å². The summed E-state index contributed by atoms with van der Waals surface area (Å²) in [5.41, 5.74) is 3.55. The fourth-order valence-electron chi connectivity index (χ4n) is 3.58. The first-order valence-electron chi connectivity index (χ1n) is 5.92. The molecule has 1 fully saturated rings. The highest BCUT2D eigenvalue weighted by atomic mass is 32.1. The van der Waals surface area contributed by atoms with Gasteiger partial charge in [0.1, 0.15) is 0 Å². The van der Waals surface area contributed by atoms with Crippen molar-refractivity contribution >= 4 is 11.3 Å². The van der Waals surface area contributed by atoms with E-state index in [1.165, 1.54) is 32.1 Å². The third kappa shape index (κ3) is 1.05. The van der Waals surface area contributed by atoms with Gasteiger partial charge in [-0.2, -0.15) is 0 Å². The van der Waals surface area contributed by atoms with Crippen molar-refractivity contribution in [3.05, 3.63) is 20.9 Å². The van der Waals surface area contributed by atoms with Gasteiger partial charge in [-0.25, -0.2) is 0 Å². The van der Waals surface area contributed by atoms with E-state index in [1.807, 2.05) is 0 Å². The summed E-state index contributed by atoms with van der Waals surface area (Å²) >= 11 is 2.07. The van der Waals surface area contributed by atoms with Crippen molar-refractivity contribution in [3.63, 3.8) is 0 Å². The van der Waals surface area contributed by atoms with Gasteiger partial charge < -0.3 is 0 Å². The van der Waals surface area contributed by atoms with Gasteiger partial charge in [-0.15, -0.1) is 11.3 Å². The normalized spacial score (nSPS) is 29.3. The molecule has 2 unspecified atom stereocenters. The summed E-state index contributed by atoms with van der Waals surface area (Å²) in [6.45, 7) is 4.64. The average Bonchev–Trinajstić information content (AvgIpc) is 2.76. The summed E-state index contributed by atoms with van der Waals surface area (Å²) in [6, 6.07) is 0. The molecule has 0 nitrogen and oxygen atoms in total. The van der Waals surface area contributed by atoms with Crippen molar-refractivity contribution in [1.29, 1.82) is 0 Å². The molecule has 0 bridgehead atoms. The summed E-state index contributed by atoms with van der Waals surface area (Å²) in [6.07, 6.45) is 7.10. The minimum absolute atomic E-state index is 0.960. The highest BCUT2D eigenvalue weighted by molar-refractivity contribution is 7.12. The molecule has 1 aromatic rings. The number of hydrogen-bond acceptors (Lipinski definition) is 1. The minimum atomic E-state index is 0.960. The largest absolute Gasteiger partial charge is 0.145 e. The Labute approximate surface area is 90.3 Å². The van der Waals surface area contributed by atoms with Crippen LogP contribution in [0.1, 0.15) is 53.0 Å². The third-order valence-corrected chi connectivity index (χ3v) is 5.44. The van der Waals surface area contributed by atoms with E-state index in [1.54, 1.807) is 20.9 Å². The molecule has 3 rings (SSSR count). The summed E-state index contributed by atoms with van der Waals surface area (Å²) < 4.78 is 0. The average molecular weight is 206 g/mol. The second-order valence-corrected chi connectivity index (χ2v) is 6.14. The molecule has 14 heavy (non-hydrogen) atoms. The highest BCUT2D eigenvalue weighted by Crippen LogP contribution is 2.52. The molecule has 0 aromatic carbocycles. The van der Waals surface area contributed by atoms with Gasteiger partial charge in [0.05, 0.1) is 0 Å². The van der Waals surface area contributed by atoms with Gasteiger partial charge in [0.25, 0.3) is 0 Å². The van der Waals surface area contributed by atoms with Crippen LogP contribution in [0.2, 0.25) is 0 Å². The number of aryl methyl sites for hydroxylation is 2. The van der Waals surface area contributed by atoms with Crippen molar-refractivity contribution in [2.45, 2.75) is 51.9 Å². The summed E-state index contributed by atoms with van der Waals surface area (Å²) in [5, 5.41) is 0. The zero-order chi connectivity index (χ0) is 9.71. The van der Waals surface area contributed by atoms with Crippen LogP contribution in [-0.4, -0.2) is 0 Å². The quantitative estimate of drug-likeness (QED) is 0.650. The fraction of sp³-hybridized carbons (Fsp3) is 0.692. The molecule has 1 heterocycles. The zero-order valence-corrected chi connectivity index (χ0v) is 9.91. The Morgan fingerprint density at radius 3 is 3.00 bits per heavy atom. The molecular formula is C13H18S. The molecule has 0 spiro atoms. The van der Waals surface area contributed by atoms with Gasteiger partial charge in [0.2, 0.25) is 0 Å². The second-order valence-electron chi connectivity index (χ2n) is 4.83. The maximum absolute atomic E-state index is 2.34. The van der Waals surface area contributed by atoms with Crippen LogP contribution in [0.5, 0.6) is 0 Å². The topological polar surface area (TPSA) is 0 Å². The second kappa shape index (κ2) is 3.10. The number of thiophene rings is 1. The van der Waals surface area contributed by atoms with Crippen LogP contribution in [-0.2, 0) is 12.8 Å². The highest BCUT2D eigenvalue weighted by Gasteiger charge is 2.38. The van der Waals surface area contributed by atoms with Crippen LogP contribution < -0.4 is 0 Å². The van der Waals surface area contributed by atoms with Gasteiger partial charge in [0.15, 0.2) is 0 Å². The molecule has 1 saturated carbocycles. The van der Waals surface area contributed by atoms with Crippen LogP contribution in [0, 0.1) is 12.8 Å². The predicted molar refractivity (Wildman–Crippen MR) is 62.2 cm³/mol. The Balaban J connectivity index is 2.10. The Morgan fingerprint density at radius 1 is 1.36 bits per heavy atom. The van der Waals surface area contributed by atoms with Crippen molar-refractivity contribution in [3.8, 4) is 0 Å². The Bertz CT molecular complexity index is 362. The first-order valence-corrected chi connectivity index (χ1v) is 6.74. The smallest absolute Gasteiger partial charge is 0.00803 e. The molecule has 0 N–H and O–H groups in total. The van der Waals surface area contributed by atoms with Gasteiger partial charge in [-0.05, 0) is 55.6 Å². The zero-order valence-electron chi connectivity index (χ0n) is 9.10. The summed E-state index contributed by atoms with van der Waals surface area (Å²) in [5.74, 6) is 1.99. The maximum atomic E-state index is 2.34. The molecule has 1 aromatic heterocycles. The van der Waals surface area contributed by atoms with E-state index in [0.29, 0.717) is 0 Å². The van der Waals surface area contributed by atoms with Crippen molar-refractivity contribution in [1.82, 2.24) is 0 Å². The van der Waals surface area contributed by atoms with Crippen LogP contribution in [0.3, 0.4) is 0 Å². The summed E-state index contributed by atoms with van der Waals surface area (Å²) in [4.78, 5) is 3.32. The van der Waals surface area contributed by atoms with Gasteiger partial charge in [-0.1, -0.05) is 13.3 Å².